The van der Waals surface area contributed by atoms with E-state index in [-0.39, 0.29) is 11.9 Å². The lowest BCUT2D eigenvalue weighted by Gasteiger charge is -2.23. The molecule has 0 radical (unpaired) electrons. The molecule has 1 aromatic carbocycles. The van der Waals surface area contributed by atoms with Gasteiger partial charge in [0, 0.05) is 26.7 Å². The minimum Gasteiger partial charge on any atom is -0.334 e. The van der Waals surface area contributed by atoms with E-state index in [1.54, 1.807) is 4.90 Å². The van der Waals surface area contributed by atoms with Crippen LogP contribution in [0.2, 0.25) is 0 Å². The van der Waals surface area contributed by atoms with Crippen LogP contribution in [-0.2, 0) is 21.4 Å². The van der Waals surface area contributed by atoms with E-state index in [9.17, 15) is 13.2 Å². The molecule has 1 saturated carbocycles. The Morgan fingerprint density at radius 3 is 2.48 bits per heavy atom. The fraction of sp³-hybridized carbons (Fsp3) is 0.533. The summed E-state index contributed by atoms with van der Waals surface area (Å²) in [6.07, 6.45) is 1.92. The molecule has 0 saturated heterocycles. The summed E-state index contributed by atoms with van der Waals surface area (Å²) in [6.45, 7) is 2.48. The fourth-order valence-corrected chi connectivity index (χ4v) is 2.92. The molecule has 0 aromatic heterocycles. The molecule has 0 heterocycles. The Kier molecular flexibility index (Phi) is 4.68. The summed E-state index contributed by atoms with van der Waals surface area (Å²) in [4.78, 5) is 14.1. The highest BCUT2D eigenvalue weighted by Crippen LogP contribution is 2.28. The molecule has 116 valence electrons. The molecule has 1 aliphatic carbocycles. The molecule has 2 rings (SSSR count). The van der Waals surface area contributed by atoms with E-state index in [2.05, 4.69) is 0 Å². The van der Waals surface area contributed by atoms with Crippen LogP contribution in [0.1, 0.15) is 24.0 Å². The first kappa shape index (κ1) is 16.0. The number of nitrogens with zero attached hydrogens (tertiary/aromatic N) is 2. The number of carbonyl (C=O) groups is 1. The lowest BCUT2D eigenvalue weighted by Crippen LogP contribution is -2.40. The first-order valence-corrected chi connectivity index (χ1v) is 8.66. The third-order valence-corrected chi connectivity index (χ3v) is 5.33. The highest BCUT2D eigenvalue weighted by atomic mass is 32.2. The zero-order chi connectivity index (χ0) is 15.6. The lowest BCUT2D eigenvalue weighted by molar-refractivity contribution is -0.129. The molecule has 0 aliphatic heterocycles. The van der Waals surface area contributed by atoms with E-state index in [4.69, 9.17) is 0 Å². The van der Waals surface area contributed by atoms with Crippen LogP contribution in [0, 0.1) is 6.92 Å². The van der Waals surface area contributed by atoms with Crippen molar-refractivity contribution in [3.05, 3.63) is 35.4 Å². The van der Waals surface area contributed by atoms with Gasteiger partial charge < -0.3 is 4.90 Å². The quantitative estimate of drug-likeness (QED) is 0.797. The molecule has 21 heavy (non-hydrogen) atoms. The Morgan fingerprint density at radius 2 is 1.95 bits per heavy atom. The van der Waals surface area contributed by atoms with Gasteiger partial charge in [0.05, 0.1) is 0 Å². The molecule has 0 N–H and O–H groups in total. The number of rotatable bonds is 6. The van der Waals surface area contributed by atoms with E-state index in [0.717, 1.165) is 28.3 Å². The molecule has 6 heteroatoms. The van der Waals surface area contributed by atoms with E-state index in [1.165, 1.54) is 14.1 Å². The zero-order valence-corrected chi connectivity index (χ0v) is 13.6. The number of aryl methyl sites for hydroxylation is 1. The van der Waals surface area contributed by atoms with Crippen molar-refractivity contribution >= 4 is 15.9 Å². The van der Waals surface area contributed by atoms with Gasteiger partial charge in [-0.25, -0.2) is 12.7 Å². The Hall–Kier alpha value is -1.40. The third kappa shape index (κ3) is 4.28. The van der Waals surface area contributed by atoms with Crippen molar-refractivity contribution in [1.82, 2.24) is 9.21 Å². The normalized spacial score (nSPS) is 15.2. The third-order valence-electron chi connectivity index (χ3n) is 3.61. The maximum Gasteiger partial charge on any atom is 0.239 e. The van der Waals surface area contributed by atoms with Crippen molar-refractivity contribution in [2.45, 2.75) is 32.4 Å². The number of hydrogen-bond donors (Lipinski definition) is 0. The minimum atomic E-state index is -3.51. The van der Waals surface area contributed by atoms with Gasteiger partial charge in [0.15, 0.2) is 0 Å². The molecule has 1 amide bonds. The molecule has 5 nitrogen and oxygen atoms in total. The number of sulfonamides is 1. The minimum absolute atomic E-state index is 0.190. The number of benzene rings is 1. The van der Waals surface area contributed by atoms with Crippen molar-refractivity contribution < 1.29 is 13.2 Å². The van der Waals surface area contributed by atoms with Gasteiger partial charge in [-0.2, -0.15) is 0 Å². The van der Waals surface area contributed by atoms with Crippen molar-refractivity contribution in [3.8, 4) is 0 Å². The van der Waals surface area contributed by atoms with Crippen LogP contribution in [0.15, 0.2) is 24.3 Å². The van der Waals surface area contributed by atoms with Crippen molar-refractivity contribution in [1.29, 1.82) is 0 Å². The van der Waals surface area contributed by atoms with Gasteiger partial charge in [0.1, 0.15) is 5.75 Å². The van der Waals surface area contributed by atoms with Crippen molar-refractivity contribution in [3.63, 3.8) is 0 Å². The number of carbonyl (C=O) groups excluding carboxylic acids is 1. The molecular weight excluding hydrogens is 288 g/mol. The molecule has 1 aliphatic rings. The summed E-state index contributed by atoms with van der Waals surface area (Å²) in [6, 6.07) is 8.15. The summed E-state index contributed by atoms with van der Waals surface area (Å²) in [5.74, 6) is -0.768. The Labute approximate surface area is 126 Å². The molecule has 0 spiro atoms. The summed E-state index contributed by atoms with van der Waals surface area (Å²) in [5, 5.41) is 0. The first-order valence-electron chi connectivity index (χ1n) is 7.05. The van der Waals surface area contributed by atoms with E-state index in [1.807, 2.05) is 31.2 Å². The van der Waals surface area contributed by atoms with Crippen molar-refractivity contribution in [2.75, 3.05) is 19.8 Å². The number of hydrogen-bond acceptors (Lipinski definition) is 3. The average Bonchev–Trinajstić information content (AvgIpc) is 3.19. The van der Waals surface area contributed by atoms with Gasteiger partial charge in [0.25, 0.3) is 0 Å². The van der Waals surface area contributed by atoms with Gasteiger partial charge in [0.2, 0.25) is 15.9 Å². The molecule has 1 fully saturated rings. The van der Waals surface area contributed by atoms with E-state index in [0.29, 0.717) is 6.54 Å². The fourth-order valence-electron chi connectivity index (χ4n) is 2.18. The van der Waals surface area contributed by atoms with Gasteiger partial charge in [-0.1, -0.05) is 29.8 Å². The van der Waals surface area contributed by atoms with Gasteiger partial charge >= 0.3 is 0 Å². The van der Waals surface area contributed by atoms with Crippen LogP contribution in [-0.4, -0.2) is 49.4 Å². The second-order valence-corrected chi connectivity index (χ2v) is 7.96. The maximum absolute atomic E-state index is 12.4. The highest BCUT2D eigenvalue weighted by Gasteiger charge is 2.34. The summed E-state index contributed by atoms with van der Waals surface area (Å²) in [7, 11) is -0.608. The molecule has 0 atom stereocenters. The zero-order valence-electron chi connectivity index (χ0n) is 12.7. The van der Waals surface area contributed by atoms with Crippen LogP contribution in [0.4, 0.5) is 0 Å². The van der Waals surface area contributed by atoms with E-state index < -0.39 is 15.8 Å². The SMILES string of the molecule is Cc1cccc(CN(C(=O)CS(=O)(=O)N(C)C)C2CC2)c1. The lowest BCUT2D eigenvalue weighted by atomic mass is 10.1. The largest absolute Gasteiger partial charge is 0.334 e. The van der Waals surface area contributed by atoms with Crippen LogP contribution in [0.5, 0.6) is 0 Å². The van der Waals surface area contributed by atoms with Gasteiger partial charge in [-0.05, 0) is 25.3 Å². The monoisotopic (exact) mass is 310 g/mol. The topological polar surface area (TPSA) is 57.7 Å². The molecule has 0 bridgehead atoms. The molecular formula is C15H22N2O3S. The average molecular weight is 310 g/mol. The highest BCUT2D eigenvalue weighted by molar-refractivity contribution is 7.89. The summed E-state index contributed by atoms with van der Waals surface area (Å²) < 4.78 is 24.8. The second-order valence-electron chi connectivity index (χ2n) is 5.78. The number of amides is 1. The standard InChI is InChI=1S/C15H22N2O3S/c1-12-5-4-6-13(9-12)10-17(14-7-8-14)15(18)11-21(19,20)16(2)3/h4-6,9,14H,7-8,10-11H2,1-3H3. The van der Waals surface area contributed by atoms with Crippen molar-refractivity contribution in [2.24, 2.45) is 0 Å². The maximum atomic E-state index is 12.4. The smallest absolute Gasteiger partial charge is 0.239 e. The Balaban J connectivity index is 2.11. The van der Waals surface area contributed by atoms with E-state index >= 15 is 0 Å². The van der Waals surface area contributed by atoms with Crippen LogP contribution in [0.25, 0.3) is 0 Å². The summed E-state index contributed by atoms with van der Waals surface area (Å²) >= 11 is 0. The molecule has 0 unspecified atom stereocenters. The van der Waals surface area contributed by atoms with Crippen LogP contribution in [0.3, 0.4) is 0 Å². The predicted octanol–water partition coefficient (Wildman–Crippen LogP) is 1.38. The Bertz CT molecular complexity index is 622. The predicted molar refractivity (Wildman–Crippen MR) is 82.2 cm³/mol. The van der Waals surface area contributed by atoms with Gasteiger partial charge in [-0.3, -0.25) is 4.79 Å². The van der Waals surface area contributed by atoms with Crippen LogP contribution < -0.4 is 0 Å². The van der Waals surface area contributed by atoms with Crippen LogP contribution >= 0.6 is 0 Å². The summed E-state index contributed by atoms with van der Waals surface area (Å²) in [5.41, 5.74) is 2.18. The first-order chi connectivity index (χ1) is 9.79. The Morgan fingerprint density at radius 1 is 1.29 bits per heavy atom. The second kappa shape index (κ2) is 6.15. The molecule has 1 aromatic rings. The van der Waals surface area contributed by atoms with Gasteiger partial charge in [-0.15, -0.1) is 0 Å².